The van der Waals surface area contributed by atoms with Gasteiger partial charge < -0.3 is 0 Å². The van der Waals surface area contributed by atoms with Gasteiger partial charge in [0.2, 0.25) is 0 Å². The lowest BCUT2D eigenvalue weighted by Gasteiger charge is -2.40. The molecular formula is C9H6F14. The van der Waals surface area contributed by atoms with Gasteiger partial charge in [0, 0.05) is 0 Å². The summed E-state index contributed by atoms with van der Waals surface area (Å²) in [5, 5.41) is 0. The smallest absolute Gasteiger partial charge is 0.241 e. The number of alkyl halides is 14. The van der Waals surface area contributed by atoms with Gasteiger partial charge in [-0.1, -0.05) is 6.92 Å². The van der Waals surface area contributed by atoms with Crippen molar-refractivity contribution in [2.24, 2.45) is 0 Å². The Morgan fingerprint density at radius 3 is 1.13 bits per heavy atom. The van der Waals surface area contributed by atoms with E-state index in [1.807, 2.05) is 0 Å². The monoisotopic (exact) mass is 380 g/mol. The fraction of sp³-hybridized carbons (Fsp3) is 1.00. The van der Waals surface area contributed by atoms with Crippen LogP contribution in [-0.4, -0.2) is 42.0 Å². The van der Waals surface area contributed by atoms with E-state index in [0.29, 0.717) is 6.92 Å². The first-order chi connectivity index (χ1) is 9.73. The van der Waals surface area contributed by atoms with Gasteiger partial charge in [0.05, 0.1) is 0 Å². The van der Waals surface area contributed by atoms with Crippen molar-refractivity contribution in [3.8, 4) is 0 Å². The van der Waals surface area contributed by atoms with Crippen molar-refractivity contribution in [1.82, 2.24) is 0 Å². The maximum absolute atomic E-state index is 12.9. The highest BCUT2D eigenvalue weighted by atomic mass is 19.4. The van der Waals surface area contributed by atoms with Crippen molar-refractivity contribution < 1.29 is 61.5 Å². The van der Waals surface area contributed by atoms with E-state index in [0.717, 1.165) is 0 Å². The summed E-state index contributed by atoms with van der Waals surface area (Å²) in [6.45, 7) is 0.384. The molecule has 0 aliphatic heterocycles. The minimum absolute atomic E-state index is 0.384. The van der Waals surface area contributed by atoms with Crippen LogP contribution in [-0.2, 0) is 0 Å². The molecule has 0 aliphatic rings. The second kappa shape index (κ2) is 5.53. The van der Waals surface area contributed by atoms with Crippen LogP contribution < -0.4 is 0 Å². The Kier molecular flexibility index (Phi) is 5.30. The molecule has 0 rings (SSSR count). The molecule has 0 saturated carbocycles. The fourth-order valence-corrected chi connectivity index (χ4v) is 1.23. The van der Waals surface area contributed by atoms with Crippen molar-refractivity contribution in [3.63, 3.8) is 0 Å². The Morgan fingerprint density at radius 1 is 0.565 bits per heavy atom. The Morgan fingerprint density at radius 2 is 0.870 bits per heavy atom. The van der Waals surface area contributed by atoms with Crippen molar-refractivity contribution >= 4 is 0 Å². The standard InChI is InChI=1S/C9H6F14/c1-2-3(10)4(11,12)5(13,14)6(15,16)7(17,18)8(19,20)9(21,22)23/h3H,2H2,1H3. The molecule has 0 nitrogen and oxygen atoms in total. The van der Waals surface area contributed by atoms with E-state index in [2.05, 4.69) is 0 Å². The maximum Gasteiger partial charge on any atom is 0.460 e. The molecule has 0 bridgehead atoms. The predicted molar refractivity (Wildman–Crippen MR) is 46.0 cm³/mol. The molecule has 0 N–H and O–H groups in total. The van der Waals surface area contributed by atoms with Crippen LogP contribution in [0.4, 0.5) is 61.5 Å². The highest BCUT2D eigenvalue weighted by Gasteiger charge is 2.91. The zero-order valence-corrected chi connectivity index (χ0v) is 10.6. The normalized spacial score (nSPS) is 17.3. The molecule has 0 amide bonds. The molecule has 0 radical (unpaired) electrons. The van der Waals surface area contributed by atoms with Crippen molar-refractivity contribution in [2.45, 2.75) is 55.3 Å². The summed E-state index contributed by atoms with van der Waals surface area (Å²) in [5.41, 5.74) is 0. The second-order valence-corrected chi connectivity index (χ2v) is 4.29. The van der Waals surface area contributed by atoms with Crippen LogP contribution in [0.3, 0.4) is 0 Å². The van der Waals surface area contributed by atoms with E-state index in [1.165, 1.54) is 0 Å². The molecule has 1 unspecified atom stereocenters. The third kappa shape index (κ3) is 2.81. The Balaban J connectivity index is 6.25. The molecule has 0 spiro atoms. The van der Waals surface area contributed by atoms with Gasteiger partial charge in [-0.15, -0.1) is 0 Å². The summed E-state index contributed by atoms with van der Waals surface area (Å²) in [6.07, 6.45) is -13.3. The first-order valence-electron chi connectivity index (χ1n) is 5.33. The van der Waals surface area contributed by atoms with Crippen molar-refractivity contribution in [2.75, 3.05) is 0 Å². The Labute approximate surface area is 118 Å². The average molecular weight is 380 g/mol. The minimum Gasteiger partial charge on any atom is -0.241 e. The van der Waals surface area contributed by atoms with Crippen LogP contribution in [0.5, 0.6) is 0 Å². The van der Waals surface area contributed by atoms with Gasteiger partial charge in [-0.2, -0.15) is 57.1 Å². The fourth-order valence-electron chi connectivity index (χ4n) is 1.23. The number of hydrogen-bond acceptors (Lipinski definition) is 0. The van der Waals surface area contributed by atoms with E-state index >= 15 is 0 Å². The topological polar surface area (TPSA) is 0 Å². The lowest BCUT2D eigenvalue weighted by Crippen LogP contribution is -2.71. The van der Waals surface area contributed by atoms with Gasteiger partial charge in [-0.05, 0) is 6.42 Å². The van der Waals surface area contributed by atoms with E-state index in [-0.39, 0.29) is 0 Å². The van der Waals surface area contributed by atoms with Gasteiger partial charge >= 0.3 is 35.8 Å². The summed E-state index contributed by atoms with van der Waals surface area (Å²) in [5.74, 6) is -37.9. The van der Waals surface area contributed by atoms with E-state index in [1.54, 1.807) is 0 Å². The molecule has 23 heavy (non-hydrogen) atoms. The predicted octanol–water partition coefficient (Wildman–Crippen LogP) is 5.47. The van der Waals surface area contributed by atoms with E-state index in [4.69, 9.17) is 0 Å². The molecule has 140 valence electrons. The zero-order chi connectivity index (χ0) is 19.3. The van der Waals surface area contributed by atoms with Gasteiger partial charge in [-0.3, -0.25) is 0 Å². The zero-order valence-electron chi connectivity index (χ0n) is 10.6. The second-order valence-electron chi connectivity index (χ2n) is 4.29. The van der Waals surface area contributed by atoms with Crippen LogP contribution in [0.2, 0.25) is 0 Å². The van der Waals surface area contributed by atoms with Gasteiger partial charge in [0.25, 0.3) is 0 Å². The lowest BCUT2D eigenvalue weighted by molar-refractivity contribution is -0.442. The molecule has 14 heteroatoms. The van der Waals surface area contributed by atoms with Gasteiger partial charge in [0.15, 0.2) is 6.17 Å². The number of rotatable bonds is 6. The first-order valence-corrected chi connectivity index (χ1v) is 5.33. The molecule has 0 heterocycles. The molecule has 0 aromatic heterocycles. The van der Waals surface area contributed by atoms with Crippen LogP contribution in [0, 0.1) is 0 Å². The highest BCUT2D eigenvalue weighted by molar-refractivity contribution is 5.11. The lowest BCUT2D eigenvalue weighted by atomic mass is 9.91. The molecule has 0 saturated heterocycles. The molecule has 0 aromatic carbocycles. The molecule has 1 atom stereocenters. The SMILES string of the molecule is CCC(F)C(F)(F)C(F)(F)C(F)(F)C(F)(F)C(F)(F)C(F)(F)F. The summed E-state index contributed by atoms with van der Waals surface area (Å²) in [6, 6.07) is 0. The summed E-state index contributed by atoms with van der Waals surface area (Å²) in [7, 11) is 0. The van der Waals surface area contributed by atoms with Crippen LogP contribution >= 0.6 is 0 Å². The quantitative estimate of drug-likeness (QED) is 0.536. The summed E-state index contributed by atoms with van der Waals surface area (Å²) < 4.78 is 175. The van der Waals surface area contributed by atoms with Crippen molar-refractivity contribution in [3.05, 3.63) is 0 Å². The Bertz CT molecular complexity index is 418. The maximum atomic E-state index is 12.9. The molecule has 0 aliphatic carbocycles. The first kappa shape index (κ1) is 22.0. The van der Waals surface area contributed by atoms with Gasteiger partial charge in [-0.25, -0.2) is 4.39 Å². The highest BCUT2D eigenvalue weighted by Crippen LogP contribution is 2.60. The summed E-state index contributed by atoms with van der Waals surface area (Å²) >= 11 is 0. The van der Waals surface area contributed by atoms with Gasteiger partial charge in [0.1, 0.15) is 0 Å². The summed E-state index contributed by atoms with van der Waals surface area (Å²) in [4.78, 5) is 0. The van der Waals surface area contributed by atoms with E-state index in [9.17, 15) is 61.5 Å². The van der Waals surface area contributed by atoms with Crippen LogP contribution in [0.25, 0.3) is 0 Å². The number of halogens is 14. The molecule has 0 fully saturated rings. The third-order valence-electron chi connectivity index (χ3n) is 2.71. The third-order valence-corrected chi connectivity index (χ3v) is 2.71. The van der Waals surface area contributed by atoms with E-state index < -0.39 is 48.4 Å². The minimum atomic E-state index is -7.99. The Hall–Kier alpha value is -0.980. The average Bonchev–Trinajstić information content (AvgIpc) is 2.35. The van der Waals surface area contributed by atoms with Crippen LogP contribution in [0.1, 0.15) is 13.3 Å². The largest absolute Gasteiger partial charge is 0.460 e. The molecular weight excluding hydrogens is 374 g/mol. The van der Waals surface area contributed by atoms with Crippen LogP contribution in [0.15, 0.2) is 0 Å². The number of hydrogen-bond donors (Lipinski definition) is 0. The van der Waals surface area contributed by atoms with Crippen molar-refractivity contribution in [1.29, 1.82) is 0 Å². The molecule has 0 aromatic rings.